The average molecular weight is 313 g/mol. The molecule has 0 saturated carbocycles. The van der Waals surface area contributed by atoms with Crippen LogP contribution in [0.2, 0.25) is 0 Å². The minimum absolute atomic E-state index is 0.0257. The molecule has 2 rings (SSSR count). The summed E-state index contributed by atoms with van der Waals surface area (Å²) in [6.07, 6.45) is 0. The fourth-order valence-corrected chi connectivity index (χ4v) is 2.33. The van der Waals surface area contributed by atoms with Crippen LogP contribution in [0.1, 0.15) is 36.7 Å². The lowest BCUT2D eigenvalue weighted by molar-refractivity contribution is 0.102. The van der Waals surface area contributed by atoms with Gasteiger partial charge < -0.3 is 15.2 Å². The SMILES string of the molecule is CC(C)(C)c1ccccc1C(=O)Nc1ccc(OCCO)cc1. The molecule has 23 heavy (non-hydrogen) atoms. The topological polar surface area (TPSA) is 58.6 Å². The minimum atomic E-state index is -0.125. The van der Waals surface area contributed by atoms with Gasteiger partial charge in [0.05, 0.1) is 6.61 Å². The first-order chi connectivity index (χ1) is 10.9. The molecule has 0 aliphatic heterocycles. The van der Waals surface area contributed by atoms with Crippen LogP contribution in [-0.4, -0.2) is 24.2 Å². The van der Waals surface area contributed by atoms with Crippen LogP contribution in [0.3, 0.4) is 0 Å². The third kappa shape index (κ3) is 4.57. The lowest BCUT2D eigenvalue weighted by Gasteiger charge is -2.22. The first kappa shape index (κ1) is 17.0. The van der Waals surface area contributed by atoms with Crippen molar-refractivity contribution in [3.63, 3.8) is 0 Å². The van der Waals surface area contributed by atoms with Gasteiger partial charge in [0.25, 0.3) is 5.91 Å². The molecular formula is C19H23NO3. The number of anilines is 1. The molecule has 0 fully saturated rings. The molecule has 0 aliphatic rings. The number of ether oxygens (including phenoxy) is 1. The number of hydrogen-bond acceptors (Lipinski definition) is 3. The van der Waals surface area contributed by atoms with Gasteiger partial charge in [-0.3, -0.25) is 4.79 Å². The van der Waals surface area contributed by atoms with E-state index in [2.05, 4.69) is 26.1 Å². The van der Waals surface area contributed by atoms with Crippen LogP contribution in [0.5, 0.6) is 5.75 Å². The highest BCUT2D eigenvalue weighted by molar-refractivity contribution is 6.05. The molecule has 0 unspecified atom stereocenters. The van der Waals surface area contributed by atoms with E-state index in [0.717, 1.165) is 5.56 Å². The molecule has 0 saturated heterocycles. The van der Waals surface area contributed by atoms with Crippen molar-refractivity contribution in [3.8, 4) is 5.75 Å². The molecule has 4 heteroatoms. The second-order valence-electron chi connectivity index (χ2n) is 6.35. The van der Waals surface area contributed by atoms with E-state index in [9.17, 15) is 4.79 Å². The predicted molar refractivity (Wildman–Crippen MR) is 92.1 cm³/mol. The summed E-state index contributed by atoms with van der Waals surface area (Å²) in [5, 5.41) is 11.6. The maximum Gasteiger partial charge on any atom is 0.255 e. The number of nitrogens with one attached hydrogen (secondary N) is 1. The summed E-state index contributed by atoms with van der Waals surface area (Å²) in [6.45, 7) is 6.50. The Labute approximate surface area is 137 Å². The molecular weight excluding hydrogens is 290 g/mol. The fourth-order valence-electron chi connectivity index (χ4n) is 2.33. The molecule has 0 atom stereocenters. The molecule has 2 aromatic rings. The van der Waals surface area contributed by atoms with Crippen molar-refractivity contribution in [2.45, 2.75) is 26.2 Å². The van der Waals surface area contributed by atoms with Crippen LogP contribution in [0.15, 0.2) is 48.5 Å². The van der Waals surface area contributed by atoms with Crippen LogP contribution in [-0.2, 0) is 5.41 Å². The summed E-state index contributed by atoms with van der Waals surface area (Å²) in [4.78, 5) is 12.6. The summed E-state index contributed by atoms with van der Waals surface area (Å²) in [7, 11) is 0. The van der Waals surface area contributed by atoms with E-state index in [4.69, 9.17) is 9.84 Å². The standard InChI is InChI=1S/C19H23NO3/c1-19(2,3)17-7-5-4-6-16(17)18(22)20-14-8-10-15(11-9-14)23-13-12-21/h4-11,21H,12-13H2,1-3H3,(H,20,22). The number of amides is 1. The molecule has 2 N–H and O–H groups in total. The van der Waals surface area contributed by atoms with Crippen molar-refractivity contribution < 1.29 is 14.6 Å². The zero-order valence-corrected chi connectivity index (χ0v) is 13.8. The molecule has 0 heterocycles. The molecule has 4 nitrogen and oxygen atoms in total. The molecule has 0 aromatic heterocycles. The minimum Gasteiger partial charge on any atom is -0.491 e. The van der Waals surface area contributed by atoms with Crippen molar-refractivity contribution in [1.82, 2.24) is 0 Å². The number of aliphatic hydroxyl groups excluding tert-OH is 1. The Hall–Kier alpha value is -2.33. The second kappa shape index (κ2) is 7.29. The molecule has 0 radical (unpaired) electrons. The first-order valence-corrected chi connectivity index (χ1v) is 7.66. The molecule has 0 spiro atoms. The van der Waals surface area contributed by atoms with Gasteiger partial charge in [-0.15, -0.1) is 0 Å². The Balaban J connectivity index is 2.14. The van der Waals surface area contributed by atoms with E-state index in [1.54, 1.807) is 24.3 Å². The van der Waals surface area contributed by atoms with Crippen molar-refractivity contribution >= 4 is 11.6 Å². The molecule has 122 valence electrons. The second-order valence-corrected chi connectivity index (χ2v) is 6.35. The van der Waals surface area contributed by atoms with E-state index < -0.39 is 0 Å². The third-order valence-corrected chi connectivity index (χ3v) is 3.45. The number of aliphatic hydroxyl groups is 1. The molecule has 0 aliphatic carbocycles. The summed E-state index contributed by atoms with van der Waals surface area (Å²) in [6, 6.07) is 14.7. The maximum atomic E-state index is 12.6. The largest absolute Gasteiger partial charge is 0.491 e. The zero-order valence-electron chi connectivity index (χ0n) is 13.8. The lowest BCUT2D eigenvalue weighted by Crippen LogP contribution is -2.20. The molecule has 1 amide bonds. The predicted octanol–water partition coefficient (Wildman–Crippen LogP) is 3.61. The van der Waals surface area contributed by atoms with Gasteiger partial charge >= 0.3 is 0 Å². The average Bonchev–Trinajstić information content (AvgIpc) is 2.53. The Bertz CT molecular complexity index is 657. The smallest absolute Gasteiger partial charge is 0.255 e. The first-order valence-electron chi connectivity index (χ1n) is 7.66. The highest BCUT2D eigenvalue weighted by Crippen LogP contribution is 2.26. The number of hydrogen-bond donors (Lipinski definition) is 2. The Morgan fingerprint density at radius 3 is 2.35 bits per heavy atom. The van der Waals surface area contributed by atoms with Crippen molar-refractivity contribution in [3.05, 3.63) is 59.7 Å². The quantitative estimate of drug-likeness (QED) is 0.886. The Morgan fingerprint density at radius 2 is 1.74 bits per heavy atom. The van der Waals surface area contributed by atoms with Crippen LogP contribution >= 0.6 is 0 Å². The zero-order chi connectivity index (χ0) is 16.9. The number of carbonyl (C=O) groups excluding carboxylic acids is 1. The van der Waals surface area contributed by atoms with Crippen molar-refractivity contribution in [2.75, 3.05) is 18.5 Å². The normalized spacial score (nSPS) is 11.1. The van der Waals surface area contributed by atoms with Crippen molar-refractivity contribution in [2.24, 2.45) is 0 Å². The van der Waals surface area contributed by atoms with E-state index in [1.807, 2.05) is 24.3 Å². The van der Waals surface area contributed by atoms with Gasteiger partial charge in [0.2, 0.25) is 0 Å². The lowest BCUT2D eigenvalue weighted by atomic mass is 9.83. The van der Waals surface area contributed by atoms with E-state index >= 15 is 0 Å². The van der Waals surface area contributed by atoms with Crippen LogP contribution in [0.25, 0.3) is 0 Å². The van der Waals surface area contributed by atoms with Gasteiger partial charge in [0.15, 0.2) is 0 Å². The summed E-state index contributed by atoms with van der Waals surface area (Å²) in [5.41, 5.74) is 2.30. The van der Waals surface area contributed by atoms with Crippen LogP contribution in [0, 0.1) is 0 Å². The van der Waals surface area contributed by atoms with Gasteiger partial charge in [0.1, 0.15) is 12.4 Å². The fraction of sp³-hybridized carbons (Fsp3) is 0.316. The van der Waals surface area contributed by atoms with E-state index in [1.165, 1.54) is 0 Å². The van der Waals surface area contributed by atoms with Crippen LogP contribution < -0.4 is 10.1 Å². The van der Waals surface area contributed by atoms with E-state index in [0.29, 0.717) is 17.0 Å². The Morgan fingerprint density at radius 1 is 1.09 bits per heavy atom. The molecule has 2 aromatic carbocycles. The summed E-state index contributed by atoms with van der Waals surface area (Å²) in [5.74, 6) is 0.534. The van der Waals surface area contributed by atoms with Gasteiger partial charge in [-0.05, 0) is 41.3 Å². The van der Waals surface area contributed by atoms with Gasteiger partial charge in [-0.1, -0.05) is 39.0 Å². The van der Waals surface area contributed by atoms with Crippen LogP contribution in [0.4, 0.5) is 5.69 Å². The van der Waals surface area contributed by atoms with Gasteiger partial charge in [-0.2, -0.15) is 0 Å². The third-order valence-electron chi connectivity index (χ3n) is 3.45. The summed E-state index contributed by atoms with van der Waals surface area (Å²) >= 11 is 0. The maximum absolute atomic E-state index is 12.6. The highest BCUT2D eigenvalue weighted by atomic mass is 16.5. The van der Waals surface area contributed by atoms with Gasteiger partial charge in [0, 0.05) is 11.3 Å². The van der Waals surface area contributed by atoms with Crippen molar-refractivity contribution in [1.29, 1.82) is 0 Å². The number of rotatable bonds is 5. The highest BCUT2D eigenvalue weighted by Gasteiger charge is 2.21. The Kier molecular flexibility index (Phi) is 5.40. The number of carbonyl (C=O) groups is 1. The number of benzene rings is 2. The van der Waals surface area contributed by atoms with E-state index in [-0.39, 0.29) is 24.5 Å². The monoisotopic (exact) mass is 313 g/mol. The van der Waals surface area contributed by atoms with Gasteiger partial charge in [-0.25, -0.2) is 0 Å². The summed E-state index contributed by atoms with van der Waals surface area (Å²) < 4.78 is 5.30. The molecule has 0 bridgehead atoms.